The van der Waals surface area contributed by atoms with Gasteiger partial charge in [-0.3, -0.25) is 0 Å². The Kier molecular flexibility index (Phi) is 4.53. The molecular formula is C16H24N2O2. The van der Waals surface area contributed by atoms with Crippen molar-refractivity contribution >= 4 is 17.3 Å². The first kappa shape index (κ1) is 14.7. The Hall–Kier alpha value is -1.71. The van der Waals surface area contributed by atoms with Gasteiger partial charge in [0.1, 0.15) is 0 Å². The molecule has 2 atom stereocenters. The quantitative estimate of drug-likeness (QED) is 0.680. The smallest absolute Gasteiger partial charge is 0.338 e. The highest BCUT2D eigenvalue weighted by molar-refractivity contribution is 5.92. The number of esters is 1. The Labute approximate surface area is 120 Å². The van der Waals surface area contributed by atoms with Gasteiger partial charge >= 0.3 is 5.97 Å². The molecule has 0 amide bonds. The molecule has 1 aromatic carbocycles. The molecule has 0 spiro atoms. The average Bonchev–Trinajstić information content (AvgIpc) is 2.40. The van der Waals surface area contributed by atoms with Crippen LogP contribution in [0.3, 0.4) is 0 Å². The summed E-state index contributed by atoms with van der Waals surface area (Å²) in [5, 5.41) is 0. The van der Waals surface area contributed by atoms with Gasteiger partial charge in [0.15, 0.2) is 0 Å². The molecule has 2 unspecified atom stereocenters. The van der Waals surface area contributed by atoms with Crippen molar-refractivity contribution in [2.24, 2.45) is 0 Å². The lowest BCUT2D eigenvalue weighted by Gasteiger charge is -2.41. The number of nitrogens with zero attached hydrogens (tertiary/aromatic N) is 1. The number of rotatable bonds is 3. The molecule has 1 aliphatic rings. The van der Waals surface area contributed by atoms with Crippen LogP contribution in [0.2, 0.25) is 0 Å². The molecule has 1 aliphatic heterocycles. The second-order valence-electron chi connectivity index (χ2n) is 5.53. The van der Waals surface area contributed by atoms with Crippen LogP contribution in [-0.4, -0.2) is 24.7 Å². The predicted molar refractivity (Wildman–Crippen MR) is 82.1 cm³/mol. The third-order valence-corrected chi connectivity index (χ3v) is 4.01. The molecule has 1 saturated heterocycles. The predicted octanol–water partition coefficient (Wildman–Crippen LogP) is 3.21. The first-order valence-corrected chi connectivity index (χ1v) is 7.39. The van der Waals surface area contributed by atoms with E-state index in [1.54, 1.807) is 12.1 Å². The molecule has 1 fully saturated rings. The number of piperidine rings is 1. The molecule has 0 saturated carbocycles. The molecule has 0 radical (unpaired) electrons. The van der Waals surface area contributed by atoms with Gasteiger partial charge in [0.25, 0.3) is 0 Å². The van der Waals surface area contributed by atoms with Crippen molar-refractivity contribution in [3.63, 3.8) is 0 Å². The number of hydrogen-bond donors (Lipinski definition) is 1. The van der Waals surface area contributed by atoms with E-state index in [4.69, 9.17) is 10.5 Å². The molecule has 2 rings (SSSR count). The molecule has 4 heteroatoms. The molecule has 0 bridgehead atoms. The van der Waals surface area contributed by atoms with Crippen molar-refractivity contribution in [2.45, 2.75) is 52.1 Å². The highest BCUT2D eigenvalue weighted by Crippen LogP contribution is 2.33. The molecule has 1 heterocycles. The van der Waals surface area contributed by atoms with Crippen molar-refractivity contribution in [1.29, 1.82) is 0 Å². The number of nitrogens with two attached hydrogens (primary N) is 1. The monoisotopic (exact) mass is 276 g/mol. The average molecular weight is 276 g/mol. The lowest BCUT2D eigenvalue weighted by molar-refractivity contribution is 0.0526. The Bertz CT molecular complexity index is 477. The number of carbonyl (C=O) groups excluding carboxylic acids is 1. The summed E-state index contributed by atoms with van der Waals surface area (Å²) in [7, 11) is 0. The Morgan fingerprint density at radius 1 is 1.35 bits per heavy atom. The van der Waals surface area contributed by atoms with E-state index < -0.39 is 0 Å². The molecule has 2 N–H and O–H groups in total. The Morgan fingerprint density at radius 2 is 2.00 bits per heavy atom. The van der Waals surface area contributed by atoms with E-state index in [1.165, 1.54) is 6.42 Å². The molecule has 4 nitrogen and oxygen atoms in total. The molecular weight excluding hydrogens is 252 g/mol. The summed E-state index contributed by atoms with van der Waals surface area (Å²) in [6.07, 6.45) is 3.57. The minimum Gasteiger partial charge on any atom is -0.462 e. The van der Waals surface area contributed by atoms with Crippen LogP contribution in [-0.2, 0) is 4.74 Å². The van der Waals surface area contributed by atoms with E-state index in [2.05, 4.69) is 18.7 Å². The van der Waals surface area contributed by atoms with Crippen LogP contribution in [0.25, 0.3) is 0 Å². The number of nitrogen functional groups attached to an aromatic ring is 1. The van der Waals surface area contributed by atoms with Gasteiger partial charge < -0.3 is 15.4 Å². The summed E-state index contributed by atoms with van der Waals surface area (Å²) in [6.45, 7) is 6.62. The van der Waals surface area contributed by atoms with Gasteiger partial charge in [-0.15, -0.1) is 0 Å². The minimum atomic E-state index is -0.286. The first-order valence-electron chi connectivity index (χ1n) is 7.39. The number of hydrogen-bond acceptors (Lipinski definition) is 4. The lowest BCUT2D eigenvalue weighted by atomic mass is 9.96. The zero-order valence-corrected chi connectivity index (χ0v) is 12.6. The third-order valence-electron chi connectivity index (χ3n) is 4.01. The summed E-state index contributed by atoms with van der Waals surface area (Å²) in [4.78, 5) is 14.2. The maximum absolute atomic E-state index is 11.9. The van der Waals surface area contributed by atoms with Crippen molar-refractivity contribution in [3.05, 3.63) is 23.8 Å². The fourth-order valence-electron chi connectivity index (χ4n) is 3.00. The van der Waals surface area contributed by atoms with E-state index in [-0.39, 0.29) is 5.97 Å². The van der Waals surface area contributed by atoms with Gasteiger partial charge in [-0.1, -0.05) is 0 Å². The van der Waals surface area contributed by atoms with Crippen molar-refractivity contribution in [1.82, 2.24) is 0 Å². The van der Waals surface area contributed by atoms with E-state index in [0.29, 0.717) is 24.3 Å². The number of anilines is 2. The van der Waals surface area contributed by atoms with Crippen LogP contribution in [0.15, 0.2) is 18.2 Å². The summed E-state index contributed by atoms with van der Waals surface area (Å²) in [6, 6.07) is 6.29. The Morgan fingerprint density at radius 3 is 2.60 bits per heavy atom. The number of benzene rings is 1. The number of carbonyl (C=O) groups is 1. The molecule has 110 valence electrons. The molecule has 0 aromatic heterocycles. The van der Waals surface area contributed by atoms with Crippen LogP contribution in [0.1, 0.15) is 50.4 Å². The standard InChI is InChI=1S/C16H24N2O2/c1-4-20-16(19)13-8-9-14(17)15(10-13)18-11(2)6-5-7-12(18)3/h8-12H,4-7,17H2,1-3H3. The highest BCUT2D eigenvalue weighted by atomic mass is 16.5. The van der Waals surface area contributed by atoms with E-state index in [0.717, 1.165) is 24.2 Å². The van der Waals surface area contributed by atoms with E-state index >= 15 is 0 Å². The maximum Gasteiger partial charge on any atom is 0.338 e. The van der Waals surface area contributed by atoms with Crippen molar-refractivity contribution in [3.8, 4) is 0 Å². The van der Waals surface area contributed by atoms with Crippen LogP contribution < -0.4 is 10.6 Å². The third kappa shape index (κ3) is 2.89. The second-order valence-corrected chi connectivity index (χ2v) is 5.53. The first-order chi connectivity index (χ1) is 9.54. The highest BCUT2D eigenvalue weighted by Gasteiger charge is 2.26. The fourth-order valence-corrected chi connectivity index (χ4v) is 3.00. The second kappa shape index (κ2) is 6.16. The lowest BCUT2D eigenvalue weighted by Crippen LogP contribution is -2.44. The number of ether oxygens (including phenoxy) is 1. The van der Waals surface area contributed by atoms with E-state index in [9.17, 15) is 4.79 Å². The van der Waals surface area contributed by atoms with Gasteiger partial charge in [0, 0.05) is 12.1 Å². The van der Waals surface area contributed by atoms with Gasteiger partial charge in [0.2, 0.25) is 0 Å². The minimum absolute atomic E-state index is 0.286. The van der Waals surface area contributed by atoms with E-state index in [1.807, 2.05) is 13.0 Å². The summed E-state index contributed by atoms with van der Waals surface area (Å²) >= 11 is 0. The van der Waals surface area contributed by atoms with Gasteiger partial charge in [0.05, 0.1) is 23.5 Å². The van der Waals surface area contributed by atoms with Crippen LogP contribution in [0, 0.1) is 0 Å². The fraction of sp³-hybridized carbons (Fsp3) is 0.562. The summed E-state index contributed by atoms with van der Waals surface area (Å²) in [5.41, 5.74) is 8.37. The summed E-state index contributed by atoms with van der Waals surface area (Å²) < 4.78 is 5.07. The van der Waals surface area contributed by atoms with Gasteiger partial charge in [-0.05, 0) is 58.2 Å². The van der Waals surface area contributed by atoms with Gasteiger partial charge in [-0.25, -0.2) is 4.79 Å². The zero-order valence-electron chi connectivity index (χ0n) is 12.6. The molecule has 0 aliphatic carbocycles. The van der Waals surface area contributed by atoms with Gasteiger partial charge in [-0.2, -0.15) is 0 Å². The normalized spacial score (nSPS) is 22.6. The van der Waals surface area contributed by atoms with Crippen LogP contribution >= 0.6 is 0 Å². The zero-order chi connectivity index (χ0) is 14.7. The Balaban J connectivity index is 2.34. The molecule has 20 heavy (non-hydrogen) atoms. The molecule has 1 aromatic rings. The van der Waals surface area contributed by atoms with Crippen molar-refractivity contribution in [2.75, 3.05) is 17.2 Å². The topological polar surface area (TPSA) is 55.6 Å². The largest absolute Gasteiger partial charge is 0.462 e. The maximum atomic E-state index is 11.9. The van der Waals surface area contributed by atoms with Crippen LogP contribution in [0.4, 0.5) is 11.4 Å². The SMILES string of the molecule is CCOC(=O)c1ccc(N)c(N2C(C)CCCC2C)c1. The van der Waals surface area contributed by atoms with Crippen LogP contribution in [0.5, 0.6) is 0 Å². The summed E-state index contributed by atoms with van der Waals surface area (Å²) in [5.74, 6) is -0.286. The van der Waals surface area contributed by atoms with Crippen molar-refractivity contribution < 1.29 is 9.53 Å².